The van der Waals surface area contributed by atoms with Crippen LogP contribution in [0.25, 0.3) is 0 Å². The molecular formula is C28H44P+. The molecule has 0 N–H and O–H groups in total. The average molecular weight is 412 g/mol. The smallest absolute Gasteiger partial charge is 0.0654 e. The summed E-state index contributed by atoms with van der Waals surface area (Å²) >= 11 is 0. The molecule has 29 heavy (non-hydrogen) atoms. The van der Waals surface area contributed by atoms with Crippen LogP contribution in [0.5, 0.6) is 0 Å². The van der Waals surface area contributed by atoms with Crippen LogP contribution < -0.4 is 0 Å². The lowest BCUT2D eigenvalue weighted by Gasteiger charge is -2.28. The third kappa shape index (κ3) is 9.95. The Hall–Kier alpha value is -1.13. The van der Waals surface area contributed by atoms with Crippen molar-refractivity contribution in [1.82, 2.24) is 0 Å². The van der Waals surface area contributed by atoms with Crippen molar-refractivity contribution in [3.05, 3.63) is 71.8 Å². The van der Waals surface area contributed by atoms with Crippen LogP contribution in [-0.2, 0) is 12.3 Å². The summed E-state index contributed by atoms with van der Waals surface area (Å²) in [4.78, 5) is 0. The van der Waals surface area contributed by atoms with Gasteiger partial charge in [-0.3, -0.25) is 0 Å². The summed E-state index contributed by atoms with van der Waals surface area (Å²) in [5.41, 5.74) is 3.14. The first-order valence-electron chi connectivity index (χ1n) is 12.2. The van der Waals surface area contributed by atoms with Gasteiger partial charge < -0.3 is 0 Å². The minimum absolute atomic E-state index is 1.04. The number of hydrogen-bond donors (Lipinski definition) is 0. The first-order chi connectivity index (χ1) is 14.3. The predicted octanol–water partition coefficient (Wildman–Crippen LogP) is 9.35. The zero-order valence-electron chi connectivity index (χ0n) is 19.1. The van der Waals surface area contributed by atoms with Crippen molar-refractivity contribution < 1.29 is 0 Å². The van der Waals surface area contributed by atoms with Gasteiger partial charge in [0.2, 0.25) is 0 Å². The molecule has 0 amide bonds. The van der Waals surface area contributed by atoms with E-state index in [0.717, 1.165) is 0 Å². The molecule has 0 fully saturated rings. The van der Waals surface area contributed by atoms with Crippen molar-refractivity contribution in [3.63, 3.8) is 0 Å². The highest BCUT2D eigenvalue weighted by Gasteiger charge is 2.36. The standard InChI is InChI=1S/C28H44P/c1-3-5-7-9-17-23-29(24-18-10-8-6-4-2,25-27-19-13-11-14-20-27)26-28-21-15-12-16-22-28/h11-16,19-22H,3-10,17-18,23-26H2,1-2H3/q+1. The minimum Gasteiger partial charge on any atom is -0.0654 e. The third-order valence-corrected chi connectivity index (χ3v) is 10.8. The van der Waals surface area contributed by atoms with Crippen molar-refractivity contribution in [2.75, 3.05) is 12.3 Å². The van der Waals surface area contributed by atoms with Crippen molar-refractivity contribution in [2.24, 2.45) is 0 Å². The van der Waals surface area contributed by atoms with Gasteiger partial charge in [0.1, 0.15) is 0 Å². The van der Waals surface area contributed by atoms with E-state index in [-0.39, 0.29) is 0 Å². The largest absolute Gasteiger partial charge is 0.0846 e. The zero-order valence-corrected chi connectivity index (χ0v) is 20.0. The minimum atomic E-state index is -1.04. The second-order valence-electron chi connectivity index (χ2n) is 8.90. The normalized spacial score (nSPS) is 11.7. The van der Waals surface area contributed by atoms with E-state index >= 15 is 0 Å². The monoisotopic (exact) mass is 411 g/mol. The fourth-order valence-electron chi connectivity index (χ4n) is 4.53. The molecule has 1 heteroatoms. The quantitative estimate of drug-likeness (QED) is 0.191. The maximum atomic E-state index is 2.37. The molecule has 160 valence electrons. The number of rotatable bonds is 16. The molecule has 2 aromatic carbocycles. The molecule has 0 spiro atoms. The van der Waals surface area contributed by atoms with Gasteiger partial charge in [-0.25, -0.2) is 0 Å². The molecule has 0 saturated carbocycles. The van der Waals surface area contributed by atoms with Crippen molar-refractivity contribution in [3.8, 4) is 0 Å². The molecule has 0 heterocycles. The number of unbranched alkanes of at least 4 members (excludes halogenated alkanes) is 8. The second kappa shape index (κ2) is 14.8. The van der Waals surface area contributed by atoms with E-state index in [9.17, 15) is 0 Å². The number of benzene rings is 2. The Balaban J connectivity index is 2.13. The topological polar surface area (TPSA) is 0 Å². The fourth-order valence-corrected chi connectivity index (χ4v) is 9.25. The van der Waals surface area contributed by atoms with Crippen molar-refractivity contribution in [1.29, 1.82) is 0 Å². The van der Waals surface area contributed by atoms with Crippen LogP contribution in [0, 0.1) is 0 Å². The Morgan fingerprint density at radius 1 is 0.483 bits per heavy atom. The Morgan fingerprint density at radius 2 is 0.862 bits per heavy atom. The van der Waals surface area contributed by atoms with Crippen LogP contribution >= 0.6 is 7.26 Å². The summed E-state index contributed by atoms with van der Waals surface area (Å²) < 4.78 is 0. The van der Waals surface area contributed by atoms with Gasteiger partial charge >= 0.3 is 0 Å². The van der Waals surface area contributed by atoms with Gasteiger partial charge in [-0.05, 0) is 36.8 Å². The summed E-state index contributed by atoms with van der Waals surface area (Å²) in [5.74, 6) is 0. The SMILES string of the molecule is CCCCCCC[P+](CCCCCCC)(Cc1ccccc1)Cc1ccccc1. The summed E-state index contributed by atoms with van der Waals surface area (Å²) in [6, 6.07) is 22.7. The van der Waals surface area contributed by atoms with E-state index in [1.165, 1.54) is 88.9 Å². The highest BCUT2D eigenvalue weighted by Crippen LogP contribution is 2.65. The first kappa shape index (κ1) is 24.1. The zero-order chi connectivity index (χ0) is 20.6. The Labute approximate surface area is 181 Å². The molecular weight excluding hydrogens is 367 g/mol. The summed E-state index contributed by atoms with van der Waals surface area (Å²) in [6.07, 6.45) is 19.7. The van der Waals surface area contributed by atoms with Gasteiger partial charge in [0, 0.05) is 7.26 Å². The van der Waals surface area contributed by atoms with E-state index in [1.54, 1.807) is 11.1 Å². The Bertz CT molecular complexity index is 562. The molecule has 0 radical (unpaired) electrons. The van der Waals surface area contributed by atoms with Crippen LogP contribution in [0.3, 0.4) is 0 Å². The van der Waals surface area contributed by atoms with Gasteiger partial charge in [-0.15, -0.1) is 0 Å². The molecule has 0 bridgehead atoms. The summed E-state index contributed by atoms with van der Waals surface area (Å²) in [7, 11) is -1.04. The fraction of sp³-hybridized carbons (Fsp3) is 0.571. The van der Waals surface area contributed by atoms with E-state index < -0.39 is 7.26 Å². The summed E-state index contributed by atoms with van der Waals surface area (Å²) in [6.45, 7) is 4.64. The molecule has 0 aliphatic rings. The first-order valence-corrected chi connectivity index (χ1v) is 14.7. The van der Waals surface area contributed by atoms with Crippen molar-refractivity contribution >= 4 is 7.26 Å². The molecule has 2 rings (SSSR count). The van der Waals surface area contributed by atoms with E-state index in [2.05, 4.69) is 74.5 Å². The van der Waals surface area contributed by atoms with E-state index in [0.29, 0.717) is 0 Å². The molecule has 0 aliphatic heterocycles. The van der Waals surface area contributed by atoms with Crippen LogP contribution in [-0.4, -0.2) is 12.3 Å². The van der Waals surface area contributed by atoms with Crippen LogP contribution in [0.15, 0.2) is 60.7 Å². The molecule has 0 aromatic heterocycles. The Kier molecular flexibility index (Phi) is 12.3. The second-order valence-corrected chi connectivity index (χ2v) is 13.1. The average Bonchev–Trinajstić information content (AvgIpc) is 2.75. The number of hydrogen-bond acceptors (Lipinski definition) is 0. The highest BCUT2D eigenvalue weighted by molar-refractivity contribution is 7.74. The van der Waals surface area contributed by atoms with Gasteiger partial charge in [-0.2, -0.15) is 0 Å². The maximum absolute atomic E-state index is 2.37. The lowest BCUT2D eigenvalue weighted by atomic mass is 10.2. The molecule has 0 nitrogen and oxygen atoms in total. The van der Waals surface area contributed by atoms with E-state index in [1.807, 2.05) is 0 Å². The molecule has 0 aliphatic carbocycles. The van der Waals surface area contributed by atoms with Crippen molar-refractivity contribution in [2.45, 2.75) is 90.4 Å². The maximum Gasteiger partial charge on any atom is 0.0846 e. The predicted molar refractivity (Wildman–Crippen MR) is 134 cm³/mol. The van der Waals surface area contributed by atoms with Crippen LogP contribution in [0.1, 0.15) is 89.2 Å². The van der Waals surface area contributed by atoms with Gasteiger partial charge in [0.15, 0.2) is 0 Å². The summed E-state index contributed by atoms with van der Waals surface area (Å²) in [5, 5.41) is 0. The lowest BCUT2D eigenvalue weighted by Crippen LogP contribution is -2.11. The van der Waals surface area contributed by atoms with Crippen LogP contribution in [0.4, 0.5) is 0 Å². The molecule has 0 atom stereocenters. The molecule has 0 unspecified atom stereocenters. The van der Waals surface area contributed by atoms with Gasteiger partial charge in [-0.1, -0.05) is 113 Å². The molecule has 0 saturated heterocycles. The van der Waals surface area contributed by atoms with Crippen LogP contribution in [0.2, 0.25) is 0 Å². The van der Waals surface area contributed by atoms with E-state index in [4.69, 9.17) is 0 Å². The lowest BCUT2D eigenvalue weighted by molar-refractivity contribution is 0.649. The van der Waals surface area contributed by atoms with Gasteiger partial charge in [0.05, 0.1) is 24.6 Å². The molecule has 2 aromatic rings. The third-order valence-electron chi connectivity index (χ3n) is 6.19. The Morgan fingerprint density at radius 3 is 1.24 bits per heavy atom. The highest BCUT2D eigenvalue weighted by atomic mass is 31.2. The van der Waals surface area contributed by atoms with Gasteiger partial charge in [0.25, 0.3) is 0 Å².